The lowest BCUT2D eigenvalue weighted by Crippen LogP contribution is -2.51. The summed E-state index contributed by atoms with van der Waals surface area (Å²) in [7, 11) is -4.07. The van der Waals surface area contributed by atoms with Gasteiger partial charge in [0.15, 0.2) is 5.43 Å². The van der Waals surface area contributed by atoms with Crippen LogP contribution in [0.2, 0.25) is 5.02 Å². The van der Waals surface area contributed by atoms with Crippen LogP contribution < -0.4 is 16.1 Å². The van der Waals surface area contributed by atoms with Crippen molar-refractivity contribution in [2.75, 3.05) is 31.1 Å². The van der Waals surface area contributed by atoms with E-state index in [9.17, 15) is 23.1 Å². The molecule has 0 bridgehead atoms. The molecule has 0 radical (unpaired) electrons. The van der Waals surface area contributed by atoms with E-state index in [2.05, 4.69) is 4.40 Å². The minimum absolute atomic E-state index is 0.0856. The van der Waals surface area contributed by atoms with E-state index >= 15 is 4.39 Å². The number of carboxylic acid groups (broad SMARTS) is 1. The number of aryl methyl sites for hydroxylation is 1. The van der Waals surface area contributed by atoms with Crippen molar-refractivity contribution in [3.8, 4) is 0 Å². The Hall–Kier alpha value is -3.64. The predicted octanol–water partition coefficient (Wildman–Crippen LogP) is 2.34. The number of guanidine groups is 1. The number of nitrogens with two attached hydrogens (primary N) is 1. The largest absolute Gasteiger partial charge is 0.477 e. The van der Waals surface area contributed by atoms with Crippen molar-refractivity contribution in [1.29, 1.82) is 0 Å². The molecule has 1 aliphatic heterocycles. The van der Waals surface area contributed by atoms with Crippen molar-refractivity contribution in [2.24, 2.45) is 10.1 Å². The molecule has 1 aromatic heterocycles. The van der Waals surface area contributed by atoms with Crippen molar-refractivity contribution < 1.29 is 22.7 Å². The first kappa shape index (κ1) is 25.5. The van der Waals surface area contributed by atoms with Crippen LogP contribution in [0.15, 0.2) is 56.6 Å². The topological polar surface area (TPSA) is 138 Å². The number of fused-ring (bicyclic) bond motifs is 1. The van der Waals surface area contributed by atoms with Crippen LogP contribution in [0, 0.1) is 5.82 Å². The third-order valence-corrected chi connectivity index (χ3v) is 7.48. The van der Waals surface area contributed by atoms with E-state index in [1.54, 1.807) is 22.8 Å². The van der Waals surface area contributed by atoms with Crippen LogP contribution in [0.4, 0.5) is 10.1 Å². The Morgan fingerprint density at radius 1 is 1.17 bits per heavy atom. The van der Waals surface area contributed by atoms with Crippen molar-refractivity contribution >= 4 is 50.1 Å². The van der Waals surface area contributed by atoms with Gasteiger partial charge in [0.1, 0.15) is 11.5 Å². The molecule has 3 aromatic rings. The van der Waals surface area contributed by atoms with Gasteiger partial charge in [-0.15, -0.1) is 4.40 Å². The molecule has 190 valence electrons. The first-order chi connectivity index (χ1) is 17.0. The minimum Gasteiger partial charge on any atom is -0.477 e. The summed E-state index contributed by atoms with van der Waals surface area (Å²) >= 11 is 5.87. The molecular formula is C23H23ClFN5O5S. The van der Waals surface area contributed by atoms with Crippen molar-refractivity contribution in [2.45, 2.75) is 18.4 Å². The van der Waals surface area contributed by atoms with Gasteiger partial charge in [0.25, 0.3) is 10.0 Å². The summed E-state index contributed by atoms with van der Waals surface area (Å²) in [5.41, 5.74) is 5.74. The molecule has 0 spiro atoms. The maximum Gasteiger partial charge on any atom is 0.352 e. The second-order valence-corrected chi connectivity index (χ2v) is 10.2. The SMILES string of the molecule is CCn1c(C(=O)O)cc(=O)c2cc(F)c(N3CCN(/C(N)=N/S(=O)(=O)c4cccc(Cl)c4)CC3)cc21. The number of piperazine rings is 1. The molecule has 1 saturated heterocycles. The zero-order valence-electron chi connectivity index (χ0n) is 19.2. The molecule has 10 nitrogen and oxygen atoms in total. The molecule has 2 heterocycles. The number of pyridine rings is 1. The second kappa shape index (κ2) is 9.78. The summed E-state index contributed by atoms with van der Waals surface area (Å²) in [4.78, 5) is 27.2. The quantitative estimate of drug-likeness (QED) is 0.375. The van der Waals surface area contributed by atoms with Gasteiger partial charge in [-0.25, -0.2) is 9.18 Å². The van der Waals surface area contributed by atoms with Gasteiger partial charge in [-0.1, -0.05) is 17.7 Å². The zero-order valence-corrected chi connectivity index (χ0v) is 20.8. The molecule has 2 aromatic carbocycles. The van der Waals surface area contributed by atoms with Gasteiger partial charge in [0, 0.05) is 49.2 Å². The molecular weight excluding hydrogens is 513 g/mol. The number of sulfonamides is 1. The van der Waals surface area contributed by atoms with Gasteiger partial charge in [0.05, 0.1) is 16.1 Å². The number of hydrogen-bond acceptors (Lipinski definition) is 5. The number of carbonyl (C=O) groups is 1. The Kier molecular flexibility index (Phi) is 6.92. The Labute approximate surface area is 211 Å². The minimum atomic E-state index is -4.07. The van der Waals surface area contributed by atoms with Crippen molar-refractivity contribution in [3.05, 3.63) is 69.2 Å². The maximum absolute atomic E-state index is 15.0. The summed E-state index contributed by atoms with van der Waals surface area (Å²) in [6.07, 6.45) is 0. The molecule has 13 heteroatoms. The fourth-order valence-electron chi connectivity index (χ4n) is 4.18. The Morgan fingerprint density at radius 3 is 2.47 bits per heavy atom. The number of nitrogens with zero attached hydrogens (tertiary/aromatic N) is 4. The Balaban J connectivity index is 1.59. The summed E-state index contributed by atoms with van der Waals surface area (Å²) in [6.45, 7) is 3.08. The van der Waals surface area contributed by atoms with Crippen LogP contribution in [-0.2, 0) is 16.6 Å². The van der Waals surface area contributed by atoms with Gasteiger partial charge in [-0.3, -0.25) is 4.79 Å². The highest BCUT2D eigenvalue weighted by molar-refractivity contribution is 7.90. The molecule has 36 heavy (non-hydrogen) atoms. The lowest BCUT2D eigenvalue weighted by Gasteiger charge is -2.36. The molecule has 4 rings (SSSR count). The lowest BCUT2D eigenvalue weighted by atomic mass is 10.1. The molecule has 0 saturated carbocycles. The van der Waals surface area contributed by atoms with E-state index in [1.165, 1.54) is 28.8 Å². The number of hydrogen-bond donors (Lipinski definition) is 2. The van der Waals surface area contributed by atoms with Crippen molar-refractivity contribution in [1.82, 2.24) is 9.47 Å². The molecule has 0 aliphatic carbocycles. The fraction of sp³-hybridized carbons (Fsp3) is 0.261. The lowest BCUT2D eigenvalue weighted by molar-refractivity contribution is 0.0685. The first-order valence-corrected chi connectivity index (χ1v) is 12.8. The van der Waals surface area contributed by atoms with Crippen LogP contribution in [-0.4, -0.2) is 61.1 Å². The van der Waals surface area contributed by atoms with Crippen LogP contribution in [0.25, 0.3) is 10.9 Å². The maximum atomic E-state index is 15.0. The fourth-order valence-corrected chi connectivity index (χ4v) is 5.43. The summed E-state index contributed by atoms with van der Waals surface area (Å²) in [5, 5.41) is 9.82. The van der Waals surface area contributed by atoms with E-state index in [0.29, 0.717) is 5.52 Å². The van der Waals surface area contributed by atoms with E-state index in [1.807, 2.05) is 0 Å². The highest BCUT2D eigenvalue weighted by Crippen LogP contribution is 2.27. The molecule has 0 amide bonds. The van der Waals surface area contributed by atoms with Gasteiger partial charge < -0.3 is 25.2 Å². The summed E-state index contributed by atoms with van der Waals surface area (Å²) in [6, 6.07) is 9.26. The number of rotatable bonds is 5. The van der Waals surface area contributed by atoms with Crippen LogP contribution in [0.3, 0.4) is 0 Å². The van der Waals surface area contributed by atoms with Gasteiger partial charge in [-0.05, 0) is 37.3 Å². The molecule has 1 aliphatic rings. The highest BCUT2D eigenvalue weighted by atomic mass is 35.5. The zero-order chi connectivity index (χ0) is 26.2. The summed E-state index contributed by atoms with van der Waals surface area (Å²) in [5.74, 6) is -2.07. The number of aromatic carboxylic acids is 1. The van der Waals surface area contributed by atoms with Crippen LogP contribution >= 0.6 is 11.6 Å². The van der Waals surface area contributed by atoms with Crippen LogP contribution in [0.1, 0.15) is 17.4 Å². The number of halogens is 2. The van der Waals surface area contributed by atoms with E-state index in [-0.39, 0.29) is 65.4 Å². The van der Waals surface area contributed by atoms with Crippen LogP contribution in [0.5, 0.6) is 0 Å². The highest BCUT2D eigenvalue weighted by Gasteiger charge is 2.24. The molecule has 1 fully saturated rings. The Morgan fingerprint density at radius 2 is 1.86 bits per heavy atom. The average Bonchev–Trinajstić information content (AvgIpc) is 2.83. The number of aromatic nitrogens is 1. The molecule has 3 N–H and O–H groups in total. The van der Waals surface area contributed by atoms with E-state index in [4.69, 9.17) is 17.3 Å². The predicted molar refractivity (Wildman–Crippen MR) is 135 cm³/mol. The second-order valence-electron chi connectivity index (χ2n) is 8.12. The monoisotopic (exact) mass is 535 g/mol. The van der Waals surface area contributed by atoms with E-state index < -0.39 is 27.2 Å². The van der Waals surface area contributed by atoms with Gasteiger partial charge in [-0.2, -0.15) is 8.42 Å². The average molecular weight is 536 g/mol. The smallest absolute Gasteiger partial charge is 0.352 e. The van der Waals surface area contributed by atoms with Gasteiger partial charge >= 0.3 is 5.97 Å². The first-order valence-electron chi connectivity index (χ1n) is 11.0. The van der Waals surface area contributed by atoms with Crippen molar-refractivity contribution in [3.63, 3.8) is 0 Å². The number of anilines is 1. The third-order valence-electron chi connectivity index (χ3n) is 5.97. The Bertz CT molecular complexity index is 1550. The van der Waals surface area contributed by atoms with Gasteiger partial charge in [0.2, 0.25) is 5.96 Å². The van der Waals surface area contributed by atoms with E-state index in [0.717, 1.165) is 12.1 Å². The standard InChI is InChI=1S/C23H23ClFN5O5S/c1-2-30-18-12-19(17(25)11-16(18)21(31)13-20(30)22(32)33)28-6-8-29(9-7-28)23(26)27-36(34,35)15-5-3-4-14(24)10-15/h3-5,10-13H,2,6-9H2,1H3,(H2,26,27)(H,32,33). The normalized spacial score (nSPS) is 14.9. The third kappa shape index (κ3) is 4.86. The number of benzene rings is 2. The number of carboxylic acids is 1. The molecule has 0 unspecified atom stereocenters. The molecule has 0 atom stereocenters. The summed E-state index contributed by atoms with van der Waals surface area (Å²) < 4.78 is 45.3.